The van der Waals surface area contributed by atoms with E-state index in [1.165, 1.54) is 47.0 Å². The maximum Gasteiger partial charge on any atom is 0.341 e. The van der Waals surface area contributed by atoms with Crippen LogP contribution in [0.2, 0.25) is 0 Å². The van der Waals surface area contributed by atoms with E-state index in [9.17, 15) is 18.0 Å². The number of nitrogens with zero attached hydrogens (tertiary/aromatic N) is 2. The zero-order chi connectivity index (χ0) is 22.9. The molecule has 1 aromatic carbocycles. The van der Waals surface area contributed by atoms with Crippen LogP contribution in [-0.4, -0.2) is 63.3 Å². The fourth-order valence-electron chi connectivity index (χ4n) is 4.15. The summed E-state index contributed by atoms with van der Waals surface area (Å²) in [5, 5.41) is 3.30. The van der Waals surface area contributed by atoms with Gasteiger partial charge in [0.1, 0.15) is 5.00 Å². The zero-order valence-corrected chi connectivity index (χ0v) is 19.9. The number of hydrogen-bond acceptors (Lipinski definition) is 7. The molecule has 8 nitrogen and oxygen atoms in total. The van der Waals surface area contributed by atoms with E-state index in [0.29, 0.717) is 42.2 Å². The molecule has 1 N–H and O–H groups in total. The van der Waals surface area contributed by atoms with E-state index >= 15 is 0 Å². The van der Waals surface area contributed by atoms with Gasteiger partial charge in [0.05, 0.1) is 17.6 Å². The lowest BCUT2D eigenvalue weighted by Gasteiger charge is -2.25. The molecule has 3 heterocycles. The number of hydrogen-bond donors (Lipinski definition) is 1. The summed E-state index contributed by atoms with van der Waals surface area (Å²) in [4.78, 5) is 28.7. The summed E-state index contributed by atoms with van der Waals surface area (Å²) in [7, 11) is -0.214. The molecule has 0 bridgehead atoms. The SMILES string of the molecule is COC(=O)c1c(NC(=O)c2ccc(S(=O)(=O)N3CCCCC3)cc2)sc2c1CCN(C)C2. The number of fused-ring (bicyclic) bond motifs is 1. The third-order valence-electron chi connectivity index (χ3n) is 5.93. The number of carbonyl (C=O) groups excluding carboxylic acids is 2. The second kappa shape index (κ2) is 9.30. The molecule has 2 aliphatic heterocycles. The van der Waals surface area contributed by atoms with Crippen molar-refractivity contribution in [3.63, 3.8) is 0 Å². The first-order chi connectivity index (χ1) is 15.3. The predicted molar refractivity (Wildman–Crippen MR) is 123 cm³/mol. The molecule has 32 heavy (non-hydrogen) atoms. The van der Waals surface area contributed by atoms with Gasteiger partial charge in [-0.3, -0.25) is 4.79 Å². The van der Waals surface area contributed by atoms with Crippen LogP contribution in [0.3, 0.4) is 0 Å². The Morgan fingerprint density at radius 2 is 1.75 bits per heavy atom. The molecule has 1 amide bonds. The summed E-state index contributed by atoms with van der Waals surface area (Å²) in [6.07, 6.45) is 3.48. The highest BCUT2D eigenvalue weighted by molar-refractivity contribution is 7.89. The number of piperidine rings is 1. The molecule has 0 radical (unpaired) electrons. The maximum atomic E-state index is 12.9. The van der Waals surface area contributed by atoms with Crippen LogP contribution in [0.4, 0.5) is 5.00 Å². The highest BCUT2D eigenvalue weighted by Gasteiger charge is 2.29. The summed E-state index contributed by atoms with van der Waals surface area (Å²) in [5.74, 6) is -0.866. The third-order valence-corrected chi connectivity index (χ3v) is 8.98. The molecule has 0 unspecified atom stereocenters. The Balaban J connectivity index is 1.55. The Hall–Kier alpha value is -2.27. The van der Waals surface area contributed by atoms with E-state index < -0.39 is 21.9 Å². The first kappa shape index (κ1) is 22.9. The van der Waals surface area contributed by atoms with Crippen molar-refractivity contribution in [2.45, 2.75) is 37.1 Å². The number of thiophene rings is 1. The molecule has 10 heteroatoms. The van der Waals surface area contributed by atoms with E-state index in [0.717, 1.165) is 36.2 Å². The number of benzene rings is 1. The molecule has 0 atom stereocenters. The average Bonchev–Trinajstić information content (AvgIpc) is 3.15. The average molecular weight is 478 g/mol. The van der Waals surface area contributed by atoms with Crippen LogP contribution in [0.5, 0.6) is 0 Å². The van der Waals surface area contributed by atoms with Gasteiger partial charge in [0.2, 0.25) is 10.0 Å². The minimum atomic E-state index is -3.55. The predicted octanol–water partition coefficient (Wildman–Crippen LogP) is 2.95. The second-order valence-electron chi connectivity index (χ2n) is 8.13. The lowest BCUT2D eigenvalue weighted by Crippen LogP contribution is -2.35. The number of methoxy groups -OCH3 is 1. The van der Waals surface area contributed by atoms with Gasteiger partial charge in [-0.25, -0.2) is 13.2 Å². The summed E-state index contributed by atoms with van der Waals surface area (Å²) < 4.78 is 32.1. The monoisotopic (exact) mass is 477 g/mol. The van der Waals surface area contributed by atoms with Crippen LogP contribution in [0.15, 0.2) is 29.2 Å². The minimum absolute atomic E-state index is 0.181. The van der Waals surface area contributed by atoms with Gasteiger partial charge < -0.3 is 15.0 Å². The van der Waals surface area contributed by atoms with Gasteiger partial charge in [0, 0.05) is 36.6 Å². The molecule has 2 aromatic rings. The van der Waals surface area contributed by atoms with Gasteiger partial charge in [0.15, 0.2) is 0 Å². The largest absolute Gasteiger partial charge is 0.465 e. The number of nitrogens with one attached hydrogen (secondary N) is 1. The molecule has 172 valence electrons. The summed E-state index contributed by atoms with van der Waals surface area (Å²) in [6, 6.07) is 5.94. The van der Waals surface area contributed by atoms with Crippen LogP contribution in [-0.2, 0) is 27.7 Å². The van der Waals surface area contributed by atoms with Gasteiger partial charge in [-0.05, 0) is 56.1 Å². The summed E-state index contributed by atoms with van der Waals surface area (Å²) in [6.45, 7) is 2.59. The van der Waals surface area contributed by atoms with E-state index in [-0.39, 0.29) is 4.90 Å². The lowest BCUT2D eigenvalue weighted by molar-refractivity contribution is 0.0600. The lowest BCUT2D eigenvalue weighted by atomic mass is 10.0. The van der Waals surface area contributed by atoms with Crippen LogP contribution < -0.4 is 5.32 Å². The van der Waals surface area contributed by atoms with Gasteiger partial charge >= 0.3 is 5.97 Å². The molecule has 0 spiro atoms. The van der Waals surface area contributed by atoms with Crippen LogP contribution in [0, 0.1) is 0 Å². The second-order valence-corrected chi connectivity index (χ2v) is 11.2. The highest BCUT2D eigenvalue weighted by Crippen LogP contribution is 2.37. The van der Waals surface area contributed by atoms with Crippen molar-refractivity contribution in [3.05, 3.63) is 45.8 Å². The van der Waals surface area contributed by atoms with Gasteiger partial charge in [-0.1, -0.05) is 6.42 Å². The van der Waals surface area contributed by atoms with Crippen LogP contribution in [0.25, 0.3) is 0 Å². The van der Waals surface area contributed by atoms with Gasteiger partial charge in [-0.15, -0.1) is 11.3 Å². The zero-order valence-electron chi connectivity index (χ0n) is 18.2. The standard InChI is InChI=1S/C22H27N3O5S2/c1-24-13-10-17-18(14-24)31-21(19(17)22(27)30-2)23-20(26)15-6-8-16(9-7-15)32(28,29)25-11-4-3-5-12-25/h6-9H,3-5,10-14H2,1-2H3,(H,23,26). The molecule has 1 aromatic heterocycles. The molecule has 4 rings (SSSR count). The molecule has 1 saturated heterocycles. The Morgan fingerprint density at radius 1 is 1.06 bits per heavy atom. The third kappa shape index (κ3) is 4.45. The van der Waals surface area contributed by atoms with Crippen molar-refractivity contribution >= 4 is 38.2 Å². The number of esters is 1. The molecule has 1 fully saturated rings. The van der Waals surface area contributed by atoms with Crippen molar-refractivity contribution < 1.29 is 22.7 Å². The smallest absolute Gasteiger partial charge is 0.341 e. The molecule has 2 aliphatic rings. The summed E-state index contributed by atoms with van der Waals surface area (Å²) in [5.41, 5.74) is 1.67. The molecule has 0 saturated carbocycles. The topological polar surface area (TPSA) is 96.0 Å². The first-order valence-corrected chi connectivity index (χ1v) is 12.9. The van der Waals surface area contributed by atoms with Crippen LogP contribution in [0.1, 0.15) is 50.4 Å². The van der Waals surface area contributed by atoms with Crippen molar-refractivity contribution in [3.8, 4) is 0 Å². The van der Waals surface area contributed by atoms with Gasteiger partial charge in [0.25, 0.3) is 5.91 Å². The van der Waals surface area contributed by atoms with E-state index in [1.54, 1.807) is 0 Å². The number of sulfonamides is 1. The normalized spacial score (nSPS) is 17.6. The number of anilines is 1. The molecular weight excluding hydrogens is 450 g/mol. The van der Waals surface area contributed by atoms with Crippen molar-refractivity contribution in [2.24, 2.45) is 0 Å². The van der Waals surface area contributed by atoms with E-state index in [4.69, 9.17) is 4.74 Å². The number of amides is 1. The Kier molecular flexibility index (Phi) is 6.66. The number of likely N-dealkylation sites (N-methyl/N-ethyl adjacent to an activating group) is 1. The Bertz CT molecular complexity index is 1120. The Morgan fingerprint density at radius 3 is 2.41 bits per heavy atom. The number of ether oxygens (including phenoxy) is 1. The minimum Gasteiger partial charge on any atom is -0.465 e. The fourth-order valence-corrected chi connectivity index (χ4v) is 6.97. The van der Waals surface area contributed by atoms with Gasteiger partial charge in [-0.2, -0.15) is 4.31 Å². The van der Waals surface area contributed by atoms with E-state index in [1.807, 2.05) is 7.05 Å². The Labute approximate surface area is 192 Å². The summed E-state index contributed by atoms with van der Waals surface area (Å²) >= 11 is 1.38. The first-order valence-electron chi connectivity index (χ1n) is 10.6. The van der Waals surface area contributed by atoms with Crippen LogP contribution >= 0.6 is 11.3 Å². The molecule has 0 aliphatic carbocycles. The fraction of sp³-hybridized carbons (Fsp3) is 0.455. The quantitative estimate of drug-likeness (QED) is 0.666. The van der Waals surface area contributed by atoms with Crippen molar-refractivity contribution in [2.75, 3.05) is 39.1 Å². The van der Waals surface area contributed by atoms with Crippen molar-refractivity contribution in [1.82, 2.24) is 9.21 Å². The maximum absolute atomic E-state index is 12.9. The highest BCUT2D eigenvalue weighted by atomic mass is 32.2. The number of rotatable bonds is 5. The van der Waals surface area contributed by atoms with E-state index in [2.05, 4.69) is 10.2 Å². The molecular formula is C22H27N3O5S2. The number of carbonyl (C=O) groups is 2. The van der Waals surface area contributed by atoms with Crippen molar-refractivity contribution in [1.29, 1.82) is 0 Å².